The van der Waals surface area contributed by atoms with E-state index in [0.717, 1.165) is 26.3 Å². The molecule has 1 saturated heterocycles. The van der Waals surface area contributed by atoms with Gasteiger partial charge in [-0.25, -0.2) is 0 Å². The molecule has 0 spiro atoms. The van der Waals surface area contributed by atoms with Crippen LogP contribution in [0.25, 0.3) is 0 Å². The highest BCUT2D eigenvalue weighted by Gasteiger charge is 2.52. The second kappa shape index (κ2) is 9.33. The van der Waals surface area contributed by atoms with Crippen molar-refractivity contribution in [1.82, 2.24) is 0 Å². The van der Waals surface area contributed by atoms with E-state index >= 15 is 0 Å². The van der Waals surface area contributed by atoms with E-state index in [4.69, 9.17) is 23.1 Å². The van der Waals surface area contributed by atoms with Crippen molar-refractivity contribution < 1.29 is 45.9 Å². The van der Waals surface area contributed by atoms with Gasteiger partial charge >= 0.3 is 17.9 Å². The predicted octanol–water partition coefficient (Wildman–Crippen LogP) is 0.852. The summed E-state index contributed by atoms with van der Waals surface area (Å²) in [6.07, 6.45) is -5.42. The number of ether oxygens (including phenoxy) is 4. The maximum absolute atomic E-state index is 12.7. The largest absolute Gasteiger partial charge is 0.463 e. The summed E-state index contributed by atoms with van der Waals surface area (Å²) in [5, 5.41) is 0. The van der Waals surface area contributed by atoms with Crippen molar-refractivity contribution >= 4 is 28.0 Å². The Bertz CT molecular complexity index is 861. The van der Waals surface area contributed by atoms with Gasteiger partial charge in [0.15, 0.2) is 12.2 Å². The molecular formula is C18H22O10S. The van der Waals surface area contributed by atoms with Gasteiger partial charge in [0.05, 0.1) is 4.90 Å². The van der Waals surface area contributed by atoms with E-state index in [2.05, 4.69) is 0 Å². The molecule has 0 amide bonds. The number of hydrogen-bond donors (Lipinski definition) is 0. The lowest BCUT2D eigenvalue weighted by molar-refractivity contribution is -0.197. The molecule has 1 aliphatic rings. The molecule has 0 unspecified atom stereocenters. The molecule has 0 aliphatic carbocycles. The third-order valence-electron chi connectivity index (χ3n) is 3.85. The van der Waals surface area contributed by atoms with E-state index in [1.165, 1.54) is 12.1 Å². The summed E-state index contributed by atoms with van der Waals surface area (Å²) in [4.78, 5) is 33.9. The van der Waals surface area contributed by atoms with Gasteiger partial charge in [-0.2, -0.15) is 8.42 Å². The number of hydrogen-bond acceptors (Lipinski definition) is 10. The van der Waals surface area contributed by atoms with Gasteiger partial charge in [0.25, 0.3) is 10.1 Å². The van der Waals surface area contributed by atoms with Crippen LogP contribution in [-0.2, 0) is 47.6 Å². The van der Waals surface area contributed by atoms with Gasteiger partial charge in [0.1, 0.15) is 12.7 Å². The summed E-state index contributed by atoms with van der Waals surface area (Å²) >= 11 is 0. The van der Waals surface area contributed by atoms with Crippen LogP contribution < -0.4 is 0 Å². The highest BCUT2D eigenvalue weighted by Crippen LogP contribution is 2.31. The van der Waals surface area contributed by atoms with Crippen molar-refractivity contribution in [3.8, 4) is 0 Å². The Morgan fingerprint density at radius 2 is 1.52 bits per heavy atom. The van der Waals surface area contributed by atoms with Crippen molar-refractivity contribution in [2.24, 2.45) is 0 Å². The second-order valence-corrected chi connectivity index (χ2v) is 7.93. The molecule has 29 heavy (non-hydrogen) atoms. The van der Waals surface area contributed by atoms with Gasteiger partial charge in [0.2, 0.25) is 6.29 Å². The van der Waals surface area contributed by atoms with Gasteiger partial charge in [0, 0.05) is 20.8 Å². The zero-order valence-electron chi connectivity index (χ0n) is 16.3. The molecule has 10 nitrogen and oxygen atoms in total. The fraction of sp³-hybridized carbons (Fsp3) is 0.500. The van der Waals surface area contributed by atoms with E-state index in [1.807, 2.05) is 0 Å². The van der Waals surface area contributed by atoms with E-state index in [0.29, 0.717) is 0 Å². The summed E-state index contributed by atoms with van der Waals surface area (Å²) in [7, 11) is -4.30. The van der Waals surface area contributed by atoms with Gasteiger partial charge in [-0.05, 0) is 19.1 Å². The first-order valence-corrected chi connectivity index (χ1v) is 10.0. The summed E-state index contributed by atoms with van der Waals surface area (Å²) in [5.41, 5.74) is 0.841. The number of rotatable bonds is 7. The smallest absolute Gasteiger partial charge is 0.305 e. The number of esters is 3. The van der Waals surface area contributed by atoms with Crippen LogP contribution in [0.1, 0.15) is 26.3 Å². The summed E-state index contributed by atoms with van der Waals surface area (Å²) in [5.74, 6) is -2.17. The molecule has 11 heteroatoms. The van der Waals surface area contributed by atoms with Crippen molar-refractivity contribution in [3.05, 3.63) is 29.8 Å². The molecule has 160 valence electrons. The van der Waals surface area contributed by atoms with Gasteiger partial charge in [-0.1, -0.05) is 17.7 Å². The third kappa shape index (κ3) is 6.24. The zero-order valence-corrected chi connectivity index (χ0v) is 17.1. The van der Waals surface area contributed by atoms with Gasteiger partial charge in [-0.15, -0.1) is 0 Å². The van der Waals surface area contributed by atoms with E-state index in [9.17, 15) is 22.8 Å². The fourth-order valence-corrected chi connectivity index (χ4v) is 3.73. The van der Waals surface area contributed by atoms with E-state index in [-0.39, 0.29) is 4.90 Å². The molecule has 0 N–H and O–H groups in total. The fourth-order valence-electron chi connectivity index (χ4n) is 2.62. The first-order valence-electron chi connectivity index (χ1n) is 8.63. The van der Waals surface area contributed by atoms with Crippen LogP contribution in [0, 0.1) is 6.92 Å². The Balaban J connectivity index is 2.35. The average Bonchev–Trinajstić information content (AvgIpc) is 2.88. The standard InChI is InChI=1S/C18H22O10S/c1-10-5-7-14(8-6-10)29(22,23)28-16-15(9-24-11(2)19)27-18(26-13(4)21)17(16)25-12(3)20/h5-8,15-18H,9H2,1-4H3/t15-,16+,17-,18-/m1/s1. The average molecular weight is 430 g/mol. The van der Waals surface area contributed by atoms with Crippen LogP contribution in [-0.4, -0.2) is 57.5 Å². The van der Waals surface area contributed by atoms with Crippen molar-refractivity contribution in [3.63, 3.8) is 0 Å². The highest BCUT2D eigenvalue weighted by molar-refractivity contribution is 7.86. The lowest BCUT2D eigenvalue weighted by Gasteiger charge is -2.23. The van der Waals surface area contributed by atoms with Crippen LogP contribution in [0.4, 0.5) is 0 Å². The Morgan fingerprint density at radius 1 is 0.931 bits per heavy atom. The predicted molar refractivity (Wildman–Crippen MR) is 95.9 cm³/mol. The topological polar surface area (TPSA) is 132 Å². The minimum absolute atomic E-state index is 0.133. The molecule has 1 heterocycles. The lowest BCUT2D eigenvalue weighted by Crippen LogP contribution is -2.42. The third-order valence-corrected chi connectivity index (χ3v) is 5.17. The van der Waals surface area contributed by atoms with Crippen molar-refractivity contribution in [1.29, 1.82) is 0 Å². The monoisotopic (exact) mass is 430 g/mol. The highest BCUT2D eigenvalue weighted by atomic mass is 32.2. The van der Waals surface area contributed by atoms with Crippen LogP contribution in [0.3, 0.4) is 0 Å². The molecule has 1 aliphatic heterocycles. The first kappa shape index (κ1) is 22.8. The SMILES string of the molecule is CC(=O)OC[C@H]1O[C@@H](OC(C)=O)[C@H](OC(C)=O)[C@H]1OS(=O)(=O)c1ccc(C)cc1. The number of benzene rings is 1. The number of carbonyl (C=O) groups excluding carboxylic acids is 3. The lowest BCUT2D eigenvalue weighted by atomic mass is 10.1. The van der Waals surface area contributed by atoms with Crippen LogP contribution in [0.5, 0.6) is 0 Å². The minimum atomic E-state index is -4.30. The number of carbonyl (C=O) groups is 3. The Hall–Kier alpha value is -2.50. The first-order chi connectivity index (χ1) is 13.5. The summed E-state index contributed by atoms with van der Waals surface area (Å²) < 4.78 is 51.1. The normalized spacial score (nSPS) is 24.0. The molecule has 0 saturated carbocycles. The van der Waals surface area contributed by atoms with Gasteiger partial charge in [-0.3, -0.25) is 18.6 Å². The quantitative estimate of drug-likeness (QED) is 0.348. The molecule has 0 bridgehead atoms. The number of aryl methyl sites for hydroxylation is 1. The maximum atomic E-state index is 12.7. The Morgan fingerprint density at radius 3 is 2.03 bits per heavy atom. The van der Waals surface area contributed by atoms with E-state index in [1.54, 1.807) is 19.1 Å². The van der Waals surface area contributed by atoms with Gasteiger partial charge < -0.3 is 18.9 Å². The Kier molecular flexibility index (Phi) is 7.33. The van der Waals surface area contributed by atoms with Crippen molar-refractivity contribution in [2.75, 3.05) is 6.61 Å². The van der Waals surface area contributed by atoms with Crippen LogP contribution in [0.2, 0.25) is 0 Å². The molecular weight excluding hydrogens is 408 g/mol. The molecule has 1 aromatic carbocycles. The van der Waals surface area contributed by atoms with Crippen LogP contribution >= 0.6 is 0 Å². The van der Waals surface area contributed by atoms with Crippen molar-refractivity contribution in [2.45, 2.75) is 57.2 Å². The molecule has 1 aromatic rings. The van der Waals surface area contributed by atoms with E-state index < -0.39 is 59.2 Å². The molecule has 0 aromatic heterocycles. The summed E-state index contributed by atoms with van der Waals surface area (Å²) in [6, 6.07) is 5.88. The summed E-state index contributed by atoms with van der Waals surface area (Å²) in [6.45, 7) is 4.74. The molecule has 0 radical (unpaired) electrons. The zero-order chi connectivity index (χ0) is 21.8. The second-order valence-electron chi connectivity index (χ2n) is 6.36. The molecule has 4 atom stereocenters. The van der Waals surface area contributed by atoms with Crippen LogP contribution in [0.15, 0.2) is 29.2 Å². The Labute approximate surface area is 168 Å². The minimum Gasteiger partial charge on any atom is -0.463 e. The molecule has 2 rings (SSSR count). The maximum Gasteiger partial charge on any atom is 0.305 e. The molecule has 1 fully saturated rings.